The number of rotatable bonds is 3. The Kier molecular flexibility index (Phi) is 4.15. The van der Waals surface area contributed by atoms with E-state index in [0.29, 0.717) is 11.1 Å². The smallest absolute Gasteiger partial charge is 0.260 e. The van der Waals surface area contributed by atoms with Crippen LogP contribution in [0.1, 0.15) is 24.2 Å². The zero-order valence-electron chi connectivity index (χ0n) is 11.4. The fourth-order valence-corrected chi connectivity index (χ4v) is 1.86. The molecule has 0 saturated carbocycles. The summed E-state index contributed by atoms with van der Waals surface area (Å²) < 4.78 is 0. The number of H-pyrrole nitrogens is 1. The van der Waals surface area contributed by atoms with E-state index in [9.17, 15) is 9.59 Å². The zero-order valence-corrected chi connectivity index (χ0v) is 11.4. The van der Waals surface area contributed by atoms with Gasteiger partial charge in [0.2, 0.25) is 5.43 Å². The van der Waals surface area contributed by atoms with Crippen LogP contribution in [0.2, 0.25) is 0 Å². The molecule has 102 valence electrons. The first-order valence-corrected chi connectivity index (χ1v) is 6.35. The highest BCUT2D eigenvalue weighted by atomic mass is 16.2. The fraction of sp³-hybridized carbons (Fsp3) is 0.125. The second-order valence-corrected chi connectivity index (χ2v) is 4.41. The van der Waals surface area contributed by atoms with Gasteiger partial charge >= 0.3 is 0 Å². The lowest BCUT2D eigenvalue weighted by Crippen LogP contribution is -2.27. The molecule has 0 spiro atoms. The Hall–Kier alpha value is -2.62. The molecule has 0 radical (unpaired) electrons. The molecular weight excluding hydrogens is 252 g/mol. The number of aromatic nitrogens is 1. The number of hydrogen-bond acceptors (Lipinski definition) is 2. The van der Waals surface area contributed by atoms with Crippen molar-refractivity contribution in [1.29, 1.82) is 0 Å². The quantitative estimate of drug-likeness (QED) is 0.841. The van der Waals surface area contributed by atoms with Crippen molar-refractivity contribution in [3.63, 3.8) is 0 Å². The van der Waals surface area contributed by atoms with Crippen molar-refractivity contribution in [3.8, 4) is 0 Å². The number of benzene rings is 1. The predicted octanol–water partition coefficient (Wildman–Crippen LogP) is 2.74. The van der Waals surface area contributed by atoms with E-state index in [-0.39, 0.29) is 11.0 Å². The Labute approximate surface area is 116 Å². The van der Waals surface area contributed by atoms with E-state index in [1.165, 1.54) is 6.20 Å². The summed E-state index contributed by atoms with van der Waals surface area (Å²) in [6.45, 7) is 3.66. The zero-order chi connectivity index (χ0) is 14.5. The van der Waals surface area contributed by atoms with Gasteiger partial charge in [-0.1, -0.05) is 24.3 Å². The minimum atomic E-state index is -0.407. The number of pyridine rings is 1. The molecule has 0 bridgehead atoms. The molecule has 2 aromatic rings. The molecule has 1 heterocycles. The van der Waals surface area contributed by atoms with Crippen LogP contribution in [0.3, 0.4) is 0 Å². The highest BCUT2D eigenvalue weighted by Gasteiger charge is 2.12. The maximum absolute atomic E-state index is 12.3. The maximum Gasteiger partial charge on any atom is 0.260 e. The number of hydrogen-bond donors (Lipinski definition) is 2. The Balaban J connectivity index is 2.36. The third-order valence-corrected chi connectivity index (χ3v) is 2.88. The normalized spacial score (nSPS) is 12.0. The second kappa shape index (κ2) is 6.02. The first-order chi connectivity index (χ1) is 9.63. The van der Waals surface area contributed by atoms with Crippen LogP contribution < -0.4 is 10.7 Å². The Morgan fingerprint density at radius 1 is 1.30 bits per heavy atom. The summed E-state index contributed by atoms with van der Waals surface area (Å²) >= 11 is 0. The van der Waals surface area contributed by atoms with Gasteiger partial charge in [0.1, 0.15) is 5.56 Å². The summed E-state index contributed by atoms with van der Waals surface area (Å²) in [5.41, 5.74) is 1.24. The van der Waals surface area contributed by atoms with Crippen molar-refractivity contribution in [2.24, 2.45) is 0 Å². The van der Waals surface area contributed by atoms with Crippen molar-refractivity contribution >= 4 is 16.8 Å². The van der Waals surface area contributed by atoms with Crippen LogP contribution in [0.25, 0.3) is 10.9 Å². The molecule has 0 atom stereocenters. The summed E-state index contributed by atoms with van der Waals surface area (Å²) in [4.78, 5) is 27.3. The lowest BCUT2D eigenvalue weighted by Gasteiger charge is -2.05. The monoisotopic (exact) mass is 268 g/mol. The molecule has 4 nitrogen and oxygen atoms in total. The van der Waals surface area contributed by atoms with Crippen LogP contribution in [-0.2, 0) is 0 Å². The molecular formula is C16H16N2O2. The molecule has 0 fully saturated rings. The van der Waals surface area contributed by atoms with Crippen molar-refractivity contribution in [3.05, 3.63) is 70.2 Å². The summed E-state index contributed by atoms with van der Waals surface area (Å²) in [6, 6.07) is 7.11. The molecule has 1 aromatic heterocycles. The minimum Gasteiger partial charge on any atom is -0.360 e. The van der Waals surface area contributed by atoms with E-state index in [2.05, 4.69) is 10.3 Å². The molecule has 0 aliphatic rings. The number of allylic oxidation sites excluding steroid dienone is 4. The van der Waals surface area contributed by atoms with Gasteiger partial charge in [0.25, 0.3) is 5.91 Å². The topological polar surface area (TPSA) is 62.0 Å². The van der Waals surface area contributed by atoms with Crippen molar-refractivity contribution in [2.45, 2.75) is 13.8 Å². The third-order valence-electron chi connectivity index (χ3n) is 2.88. The number of fused-ring (bicyclic) bond motifs is 1. The molecule has 20 heavy (non-hydrogen) atoms. The first kappa shape index (κ1) is 13.8. The van der Waals surface area contributed by atoms with Crippen LogP contribution >= 0.6 is 0 Å². The van der Waals surface area contributed by atoms with Crippen LogP contribution in [0, 0.1) is 0 Å². The average molecular weight is 268 g/mol. The van der Waals surface area contributed by atoms with E-state index < -0.39 is 5.91 Å². The van der Waals surface area contributed by atoms with E-state index in [1.54, 1.807) is 31.2 Å². The van der Waals surface area contributed by atoms with Gasteiger partial charge in [0, 0.05) is 22.8 Å². The van der Waals surface area contributed by atoms with Crippen LogP contribution in [0.15, 0.2) is 59.2 Å². The number of carbonyl (C=O) groups is 1. The van der Waals surface area contributed by atoms with Crippen molar-refractivity contribution < 1.29 is 4.79 Å². The molecule has 1 amide bonds. The maximum atomic E-state index is 12.3. The van der Waals surface area contributed by atoms with E-state index in [1.807, 2.05) is 25.1 Å². The molecule has 0 aliphatic heterocycles. The van der Waals surface area contributed by atoms with Gasteiger partial charge in [-0.2, -0.15) is 0 Å². The van der Waals surface area contributed by atoms with Gasteiger partial charge in [-0.25, -0.2) is 0 Å². The fourth-order valence-electron chi connectivity index (χ4n) is 1.86. The van der Waals surface area contributed by atoms with Gasteiger partial charge in [0.05, 0.1) is 0 Å². The highest BCUT2D eigenvalue weighted by molar-refractivity contribution is 5.97. The SMILES string of the molecule is C/C=C\C=C(/C)NC(=O)c1c[nH]c2ccccc2c1=O. The van der Waals surface area contributed by atoms with Gasteiger partial charge in [0.15, 0.2) is 0 Å². The lowest BCUT2D eigenvalue weighted by molar-refractivity contribution is 0.0965. The summed E-state index contributed by atoms with van der Waals surface area (Å²) in [5, 5.41) is 3.20. The van der Waals surface area contributed by atoms with E-state index in [0.717, 1.165) is 5.52 Å². The molecule has 1 aromatic carbocycles. The second-order valence-electron chi connectivity index (χ2n) is 4.41. The standard InChI is InChI=1S/C16H16N2O2/c1-3-4-7-11(2)18-16(20)13-10-17-14-9-6-5-8-12(14)15(13)19/h3-10H,1-2H3,(H,17,19)(H,18,20)/b4-3-,11-7+. The molecule has 2 rings (SSSR count). The third kappa shape index (κ3) is 2.85. The Morgan fingerprint density at radius 2 is 2.05 bits per heavy atom. The lowest BCUT2D eigenvalue weighted by atomic mass is 10.1. The van der Waals surface area contributed by atoms with E-state index in [4.69, 9.17) is 0 Å². The number of para-hydroxylation sites is 1. The predicted molar refractivity (Wildman–Crippen MR) is 80.6 cm³/mol. The van der Waals surface area contributed by atoms with Gasteiger partial charge < -0.3 is 10.3 Å². The summed E-state index contributed by atoms with van der Waals surface area (Å²) in [6.07, 6.45) is 6.90. The molecule has 0 aliphatic carbocycles. The van der Waals surface area contributed by atoms with Crippen molar-refractivity contribution in [2.75, 3.05) is 0 Å². The summed E-state index contributed by atoms with van der Waals surface area (Å²) in [7, 11) is 0. The van der Waals surface area contributed by atoms with Crippen LogP contribution in [0.4, 0.5) is 0 Å². The largest absolute Gasteiger partial charge is 0.360 e. The Bertz CT molecular complexity index is 754. The number of amides is 1. The molecule has 0 unspecified atom stereocenters. The Morgan fingerprint density at radius 3 is 2.80 bits per heavy atom. The summed E-state index contributed by atoms with van der Waals surface area (Å²) in [5.74, 6) is -0.407. The molecule has 4 heteroatoms. The number of aromatic amines is 1. The average Bonchev–Trinajstić information content (AvgIpc) is 2.45. The van der Waals surface area contributed by atoms with Gasteiger partial charge in [-0.3, -0.25) is 9.59 Å². The van der Waals surface area contributed by atoms with E-state index >= 15 is 0 Å². The minimum absolute atomic E-state index is 0.108. The van der Waals surface area contributed by atoms with Gasteiger partial charge in [-0.05, 0) is 32.1 Å². The van der Waals surface area contributed by atoms with Crippen LogP contribution in [0.5, 0.6) is 0 Å². The van der Waals surface area contributed by atoms with Gasteiger partial charge in [-0.15, -0.1) is 0 Å². The number of carbonyl (C=O) groups excluding carboxylic acids is 1. The first-order valence-electron chi connectivity index (χ1n) is 6.35. The van der Waals surface area contributed by atoms with Crippen LogP contribution in [-0.4, -0.2) is 10.9 Å². The molecule has 0 saturated heterocycles. The van der Waals surface area contributed by atoms with Crippen molar-refractivity contribution in [1.82, 2.24) is 10.3 Å². The molecule has 2 N–H and O–H groups in total. The number of nitrogens with one attached hydrogen (secondary N) is 2. The highest BCUT2D eigenvalue weighted by Crippen LogP contribution is 2.07.